The minimum absolute atomic E-state index is 0.379. The van der Waals surface area contributed by atoms with Gasteiger partial charge in [-0.15, -0.1) is 0 Å². The van der Waals surface area contributed by atoms with E-state index in [0.29, 0.717) is 6.42 Å². The number of alkyl halides is 7. The van der Waals surface area contributed by atoms with Gasteiger partial charge in [0.2, 0.25) is 0 Å². The van der Waals surface area contributed by atoms with Crippen molar-refractivity contribution in [2.24, 2.45) is 5.41 Å². The van der Waals surface area contributed by atoms with Crippen molar-refractivity contribution >= 4 is 0 Å². The molecule has 0 aromatic heterocycles. The van der Waals surface area contributed by atoms with Gasteiger partial charge in [0.1, 0.15) is 0 Å². The molecule has 0 amide bonds. The zero-order valence-corrected chi connectivity index (χ0v) is 10.2. The highest BCUT2D eigenvalue weighted by molar-refractivity contribution is 5.02. The van der Waals surface area contributed by atoms with E-state index < -0.39 is 49.2 Å². The summed E-state index contributed by atoms with van der Waals surface area (Å²) in [7, 11) is 0. The summed E-state index contributed by atoms with van der Waals surface area (Å²) in [6.45, 7) is 0.351. The normalized spacial score (nSPS) is 35.4. The predicted molar refractivity (Wildman–Crippen MR) is 49.3 cm³/mol. The Balaban J connectivity index is 2.32. The van der Waals surface area contributed by atoms with E-state index in [1.165, 1.54) is 0 Å². The molecule has 0 N–H and O–H groups in total. The standard InChI is InChI=1S/C10H11F7O3/c1-2-6-3-18-10(19-4-6,20-5-6)8(13,14)7(11,12)9(15,16)17/h2-5H2,1H3. The van der Waals surface area contributed by atoms with E-state index in [1.807, 2.05) is 0 Å². The maximum atomic E-state index is 13.6. The lowest BCUT2D eigenvalue weighted by molar-refractivity contribution is -0.552. The fraction of sp³-hybridized carbons (Fsp3) is 1.00. The highest BCUT2D eigenvalue weighted by Gasteiger charge is 2.84. The molecule has 3 nitrogen and oxygen atoms in total. The van der Waals surface area contributed by atoms with E-state index >= 15 is 0 Å². The van der Waals surface area contributed by atoms with Crippen LogP contribution in [0, 0.1) is 5.41 Å². The quantitative estimate of drug-likeness (QED) is 0.750. The molecule has 3 heterocycles. The van der Waals surface area contributed by atoms with Crippen molar-refractivity contribution < 1.29 is 44.9 Å². The Kier molecular flexibility index (Phi) is 3.31. The van der Waals surface area contributed by atoms with Crippen molar-refractivity contribution in [3.63, 3.8) is 0 Å². The minimum atomic E-state index is -6.46. The van der Waals surface area contributed by atoms with Crippen LogP contribution in [0.3, 0.4) is 0 Å². The lowest BCUT2D eigenvalue weighted by atomic mass is 9.85. The largest absolute Gasteiger partial charge is 0.460 e. The number of fused-ring (bicyclic) bond motifs is 3. The molecule has 0 saturated carbocycles. The molecule has 0 spiro atoms. The number of hydrogen-bond donors (Lipinski definition) is 0. The van der Waals surface area contributed by atoms with Crippen molar-refractivity contribution in [1.29, 1.82) is 0 Å². The van der Waals surface area contributed by atoms with Gasteiger partial charge >= 0.3 is 24.0 Å². The molecule has 3 rings (SSSR count). The Labute approximate surface area is 109 Å². The average Bonchev–Trinajstić information content (AvgIpc) is 2.39. The van der Waals surface area contributed by atoms with Crippen LogP contribution in [-0.2, 0) is 14.2 Å². The molecule has 2 bridgehead atoms. The van der Waals surface area contributed by atoms with E-state index in [1.54, 1.807) is 6.92 Å². The zero-order chi connectivity index (χ0) is 15.4. The van der Waals surface area contributed by atoms with Gasteiger partial charge < -0.3 is 14.2 Å². The second-order valence-corrected chi connectivity index (χ2v) is 4.92. The van der Waals surface area contributed by atoms with Gasteiger partial charge in [-0.25, -0.2) is 0 Å². The summed E-state index contributed by atoms with van der Waals surface area (Å²) in [5.41, 5.74) is -0.800. The van der Waals surface area contributed by atoms with Crippen LogP contribution < -0.4 is 0 Å². The minimum Gasteiger partial charge on any atom is -0.322 e. The Hall–Kier alpha value is -0.610. The van der Waals surface area contributed by atoms with Crippen LogP contribution in [0.2, 0.25) is 0 Å². The summed E-state index contributed by atoms with van der Waals surface area (Å²) >= 11 is 0. The van der Waals surface area contributed by atoms with Crippen LogP contribution in [-0.4, -0.2) is 43.8 Å². The van der Waals surface area contributed by atoms with Gasteiger partial charge in [0.25, 0.3) is 0 Å². The molecule has 3 aliphatic heterocycles. The Morgan fingerprint density at radius 1 is 0.850 bits per heavy atom. The van der Waals surface area contributed by atoms with Gasteiger partial charge in [-0.2, -0.15) is 30.7 Å². The molecule has 10 heteroatoms. The lowest BCUT2D eigenvalue weighted by Crippen LogP contribution is -2.73. The topological polar surface area (TPSA) is 27.7 Å². The molecular weight excluding hydrogens is 301 g/mol. The van der Waals surface area contributed by atoms with Gasteiger partial charge in [0.15, 0.2) is 0 Å². The molecule has 0 aliphatic carbocycles. The fourth-order valence-electron chi connectivity index (χ4n) is 1.94. The summed E-state index contributed by atoms with van der Waals surface area (Å²) in [4.78, 5) is 0. The summed E-state index contributed by atoms with van der Waals surface area (Å²) in [6, 6.07) is 0. The molecule has 0 unspecified atom stereocenters. The second kappa shape index (κ2) is 4.20. The maximum Gasteiger partial charge on any atom is 0.460 e. The smallest absolute Gasteiger partial charge is 0.322 e. The molecular formula is C10H11F7O3. The predicted octanol–water partition coefficient (Wildman–Crippen LogP) is 2.95. The number of rotatable bonds is 3. The summed E-state index contributed by atoms with van der Waals surface area (Å²) < 4.78 is 103. The van der Waals surface area contributed by atoms with E-state index in [4.69, 9.17) is 0 Å². The molecule has 3 aliphatic rings. The zero-order valence-electron chi connectivity index (χ0n) is 10.2. The maximum absolute atomic E-state index is 13.6. The molecule has 3 saturated heterocycles. The molecule has 0 radical (unpaired) electrons. The molecule has 118 valence electrons. The van der Waals surface area contributed by atoms with Gasteiger partial charge in [-0.1, -0.05) is 6.92 Å². The van der Waals surface area contributed by atoms with Crippen LogP contribution >= 0.6 is 0 Å². The average molecular weight is 312 g/mol. The van der Waals surface area contributed by atoms with E-state index in [0.717, 1.165) is 0 Å². The van der Waals surface area contributed by atoms with Crippen molar-refractivity contribution in [2.75, 3.05) is 19.8 Å². The van der Waals surface area contributed by atoms with Gasteiger partial charge in [-0.05, 0) is 6.42 Å². The lowest BCUT2D eigenvalue weighted by Gasteiger charge is -2.54. The molecule has 0 aromatic rings. The molecule has 0 atom stereocenters. The van der Waals surface area contributed by atoms with Crippen LogP contribution in [0.15, 0.2) is 0 Å². The molecule has 0 aromatic carbocycles. The highest BCUT2D eigenvalue weighted by atomic mass is 19.4. The third kappa shape index (κ3) is 1.84. The Morgan fingerprint density at radius 3 is 1.55 bits per heavy atom. The summed E-state index contributed by atoms with van der Waals surface area (Å²) in [5, 5.41) is 0. The van der Waals surface area contributed by atoms with E-state index in [9.17, 15) is 30.7 Å². The first-order chi connectivity index (χ1) is 8.93. The van der Waals surface area contributed by atoms with Crippen molar-refractivity contribution in [3.05, 3.63) is 0 Å². The van der Waals surface area contributed by atoms with Crippen molar-refractivity contribution in [3.8, 4) is 0 Å². The van der Waals surface area contributed by atoms with Crippen LogP contribution in [0.25, 0.3) is 0 Å². The Bertz CT molecular complexity index is 368. The highest BCUT2D eigenvalue weighted by Crippen LogP contribution is 2.56. The number of ether oxygens (including phenoxy) is 3. The van der Waals surface area contributed by atoms with Crippen LogP contribution in [0.1, 0.15) is 13.3 Å². The SMILES string of the molecule is CCC12COC(C(F)(F)C(F)(F)C(F)(F)F)(OC1)OC2. The van der Waals surface area contributed by atoms with E-state index in [2.05, 4.69) is 14.2 Å². The first-order valence-electron chi connectivity index (χ1n) is 5.67. The van der Waals surface area contributed by atoms with Crippen molar-refractivity contribution in [1.82, 2.24) is 0 Å². The van der Waals surface area contributed by atoms with Gasteiger partial charge in [0, 0.05) is 5.41 Å². The molecule has 3 fully saturated rings. The third-order valence-electron chi connectivity index (χ3n) is 3.59. The number of halogens is 7. The number of hydrogen-bond acceptors (Lipinski definition) is 3. The van der Waals surface area contributed by atoms with E-state index in [-0.39, 0.29) is 0 Å². The van der Waals surface area contributed by atoms with Crippen LogP contribution in [0.4, 0.5) is 30.7 Å². The van der Waals surface area contributed by atoms with Crippen molar-refractivity contribution in [2.45, 2.75) is 37.3 Å². The summed E-state index contributed by atoms with van der Waals surface area (Å²) in [5.74, 6) is -15.8. The first-order valence-corrected chi connectivity index (χ1v) is 5.67. The van der Waals surface area contributed by atoms with Gasteiger partial charge in [-0.3, -0.25) is 0 Å². The molecule has 20 heavy (non-hydrogen) atoms. The first kappa shape index (κ1) is 15.8. The fourth-order valence-corrected chi connectivity index (χ4v) is 1.94. The Morgan fingerprint density at radius 2 is 1.25 bits per heavy atom. The second-order valence-electron chi connectivity index (χ2n) is 4.92. The third-order valence-corrected chi connectivity index (χ3v) is 3.59. The summed E-state index contributed by atoms with van der Waals surface area (Å²) in [6.07, 6.45) is -6.08. The van der Waals surface area contributed by atoms with Gasteiger partial charge in [0.05, 0.1) is 19.8 Å². The monoisotopic (exact) mass is 312 g/mol. The van der Waals surface area contributed by atoms with Crippen LogP contribution in [0.5, 0.6) is 0 Å².